The number of aliphatic carboxylic acids is 1. The van der Waals surface area contributed by atoms with Gasteiger partial charge in [0.15, 0.2) is 0 Å². The summed E-state index contributed by atoms with van der Waals surface area (Å²) in [4.78, 5) is 16.4. The van der Waals surface area contributed by atoms with Crippen molar-refractivity contribution in [2.75, 3.05) is 13.7 Å². The van der Waals surface area contributed by atoms with Gasteiger partial charge in [0.25, 0.3) is 5.60 Å². The molecule has 20 heavy (non-hydrogen) atoms. The van der Waals surface area contributed by atoms with E-state index in [2.05, 4.69) is 5.16 Å². The molecule has 1 aliphatic heterocycles. The van der Waals surface area contributed by atoms with Crippen molar-refractivity contribution in [3.8, 4) is 5.75 Å². The Balaban J connectivity index is 2.35. The van der Waals surface area contributed by atoms with E-state index in [1.165, 1.54) is 0 Å². The Morgan fingerprint density at radius 3 is 2.70 bits per heavy atom. The fraction of sp³-hybridized carbons (Fsp3) is 0.429. The van der Waals surface area contributed by atoms with Crippen LogP contribution in [0.15, 0.2) is 17.3 Å². The summed E-state index contributed by atoms with van der Waals surface area (Å²) in [6.07, 6.45) is 0.158. The van der Waals surface area contributed by atoms with Gasteiger partial charge in [-0.05, 0) is 37.1 Å². The molecule has 6 nitrogen and oxygen atoms in total. The van der Waals surface area contributed by atoms with Gasteiger partial charge in [0.2, 0.25) is 0 Å². The molecule has 1 aliphatic rings. The standard InChI is InChI=1S/C14H18N2O4/c1-8-5-12(19-3)9(2)4-10(8)11-6-14(7-15,13(17)18)20-16-11/h4-5H,6-7,15H2,1-3H3,(H,17,18). The SMILES string of the molecule is COc1cc(C)c(C2=NOC(CN)(C(=O)O)C2)cc1C. The molecule has 1 atom stereocenters. The summed E-state index contributed by atoms with van der Waals surface area (Å²) in [6.45, 7) is 3.72. The van der Waals surface area contributed by atoms with Crippen LogP contribution in [0.2, 0.25) is 0 Å². The topological polar surface area (TPSA) is 94.1 Å². The van der Waals surface area contributed by atoms with E-state index in [9.17, 15) is 9.90 Å². The molecule has 1 aromatic rings. The lowest BCUT2D eigenvalue weighted by Gasteiger charge is -2.19. The minimum Gasteiger partial charge on any atom is -0.496 e. The number of nitrogens with two attached hydrogens (primary N) is 1. The highest BCUT2D eigenvalue weighted by molar-refractivity contribution is 6.05. The van der Waals surface area contributed by atoms with Crippen LogP contribution in [0, 0.1) is 13.8 Å². The molecule has 1 unspecified atom stereocenters. The lowest BCUT2D eigenvalue weighted by atomic mass is 9.91. The van der Waals surface area contributed by atoms with Crippen LogP contribution in [0.4, 0.5) is 0 Å². The lowest BCUT2D eigenvalue weighted by molar-refractivity contribution is -0.161. The second-order valence-electron chi connectivity index (χ2n) is 4.95. The summed E-state index contributed by atoms with van der Waals surface area (Å²) < 4.78 is 5.26. The number of oxime groups is 1. The van der Waals surface area contributed by atoms with Crippen LogP contribution in [0.3, 0.4) is 0 Å². The number of benzene rings is 1. The van der Waals surface area contributed by atoms with Crippen LogP contribution in [-0.2, 0) is 9.63 Å². The second kappa shape index (κ2) is 5.13. The maximum absolute atomic E-state index is 11.3. The quantitative estimate of drug-likeness (QED) is 0.863. The molecule has 0 saturated heterocycles. The Bertz CT molecular complexity index is 583. The Labute approximate surface area is 117 Å². The van der Waals surface area contributed by atoms with E-state index in [0.717, 1.165) is 22.4 Å². The Morgan fingerprint density at radius 2 is 2.20 bits per heavy atom. The molecule has 2 rings (SSSR count). The van der Waals surface area contributed by atoms with E-state index in [1.54, 1.807) is 7.11 Å². The van der Waals surface area contributed by atoms with Crippen molar-refractivity contribution in [2.45, 2.75) is 25.9 Å². The Kier molecular flexibility index (Phi) is 3.67. The molecule has 0 radical (unpaired) electrons. The molecule has 0 fully saturated rings. The summed E-state index contributed by atoms with van der Waals surface area (Å²) in [7, 11) is 1.61. The summed E-state index contributed by atoms with van der Waals surface area (Å²) in [5.74, 6) is -0.310. The number of nitrogens with zero attached hydrogens (tertiary/aromatic N) is 1. The molecular weight excluding hydrogens is 260 g/mol. The molecule has 1 heterocycles. The first-order chi connectivity index (χ1) is 9.43. The van der Waals surface area contributed by atoms with Crippen LogP contribution in [0.25, 0.3) is 0 Å². The Morgan fingerprint density at radius 1 is 1.50 bits per heavy atom. The predicted octanol–water partition coefficient (Wildman–Crippen LogP) is 1.22. The third-order valence-electron chi connectivity index (χ3n) is 3.56. The zero-order chi connectivity index (χ0) is 14.9. The average molecular weight is 278 g/mol. The van der Waals surface area contributed by atoms with Gasteiger partial charge in [-0.25, -0.2) is 4.79 Å². The molecule has 1 aromatic carbocycles. The van der Waals surface area contributed by atoms with Crippen molar-refractivity contribution in [3.05, 3.63) is 28.8 Å². The van der Waals surface area contributed by atoms with Crippen molar-refractivity contribution in [1.29, 1.82) is 0 Å². The molecule has 0 bridgehead atoms. The van der Waals surface area contributed by atoms with Crippen LogP contribution in [0.5, 0.6) is 5.75 Å². The Hall–Kier alpha value is -2.08. The first-order valence-electron chi connectivity index (χ1n) is 6.27. The van der Waals surface area contributed by atoms with Crippen molar-refractivity contribution in [1.82, 2.24) is 0 Å². The van der Waals surface area contributed by atoms with E-state index >= 15 is 0 Å². The van der Waals surface area contributed by atoms with Gasteiger partial charge >= 0.3 is 5.97 Å². The van der Waals surface area contributed by atoms with E-state index in [-0.39, 0.29) is 13.0 Å². The first kappa shape index (κ1) is 14.3. The highest BCUT2D eigenvalue weighted by Crippen LogP contribution is 2.30. The summed E-state index contributed by atoms with van der Waals surface area (Å²) in [5, 5.41) is 13.2. The van der Waals surface area contributed by atoms with Crippen molar-refractivity contribution in [2.24, 2.45) is 10.9 Å². The fourth-order valence-electron chi connectivity index (χ4n) is 2.25. The molecule has 0 spiro atoms. The highest BCUT2D eigenvalue weighted by atomic mass is 16.7. The van der Waals surface area contributed by atoms with Gasteiger partial charge in [-0.1, -0.05) is 5.16 Å². The van der Waals surface area contributed by atoms with E-state index < -0.39 is 11.6 Å². The van der Waals surface area contributed by atoms with E-state index in [0.29, 0.717) is 5.71 Å². The van der Waals surface area contributed by atoms with E-state index in [4.69, 9.17) is 15.3 Å². The molecule has 0 saturated carbocycles. The smallest absolute Gasteiger partial charge is 0.352 e. The van der Waals surface area contributed by atoms with Gasteiger partial charge in [-0.15, -0.1) is 0 Å². The van der Waals surface area contributed by atoms with Gasteiger partial charge in [0, 0.05) is 18.5 Å². The van der Waals surface area contributed by atoms with Gasteiger partial charge in [0.05, 0.1) is 12.8 Å². The number of carboxylic acid groups (broad SMARTS) is 1. The van der Waals surface area contributed by atoms with Crippen molar-refractivity contribution >= 4 is 11.7 Å². The summed E-state index contributed by atoms with van der Waals surface area (Å²) >= 11 is 0. The number of aryl methyl sites for hydroxylation is 2. The maximum atomic E-state index is 11.3. The first-order valence-corrected chi connectivity index (χ1v) is 6.27. The van der Waals surface area contributed by atoms with Gasteiger partial charge < -0.3 is 20.4 Å². The highest BCUT2D eigenvalue weighted by Gasteiger charge is 2.46. The van der Waals surface area contributed by atoms with Crippen molar-refractivity contribution < 1.29 is 19.5 Å². The third kappa shape index (κ3) is 2.22. The second-order valence-corrected chi connectivity index (χ2v) is 4.95. The van der Waals surface area contributed by atoms with Gasteiger partial charge in [-0.3, -0.25) is 0 Å². The average Bonchev–Trinajstić information content (AvgIpc) is 2.86. The van der Waals surface area contributed by atoms with Gasteiger partial charge in [-0.2, -0.15) is 0 Å². The molecular formula is C14H18N2O4. The fourth-order valence-corrected chi connectivity index (χ4v) is 2.25. The molecule has 0 aromatic heterocycles. The third-order valence-corrected chi connectivity index (χ3v) is 3.56. The van der Waals surface area contributed by atoms with Crippen LogP contribution in [-0.4, -0.2) is 36.0 Å². The van der Waals surface area contributed by atoms with Crippen molar-refractivity contribution in [3.63, 3.8) is 0 Å². The van der Waals surface area contributed by atoms with Crippen LogP contribution in [0.1, 0.15) is 23.1 Å². The maximum Gasteiger partial charge on any atom is 0.352 e. The zero-order valence-electron chi connectivity index (χ0n) is 11.8. The number of hydrogen-bond acceptors (Lipinski definition) is 5. The minimum atomic E-state index is -1.45. The lowest BCUT2D eigenvalue weighted by Crippen LogP contribution is -2.46. The number of hydrogen-bond donors (Lipinski definition) is 2. The predicted molar refractivity (Wildman–Crippen MR) is 74.1 cm³/mol. The van der Waals surface area contributed by atoms with Crippen LogP contribution >= 0.6 is 0 Å². The zero-order valence-corrected chi connectivity index (χ0v) is 11.8. The molecule has 0 aliphatic carbocycles. The summed E-state index contributed by atoms with van der Waals surface area (Å²) in [5.41, 5.74) is 7.44. The number of rotatable bonds is 4. The number of methoxy groups -OCH3 is 1. The normalized spacial score (nSPS) is 21.3. The minimum absolute atomic E-state index is 0.122. The monoisotopic (exact) mass is 278 g/mol. The molecule has 3 N–H and O–H groups in total. The molecule has 0 amide bonds. The van der Waals surface area contributed by atoms with Crippen LogP contribution < -0.4 is 10.5 Å². The van der Waals surface area contributed by atoms with Gasteiger partial charge in [0.1, 0.15) is 5.75 Å². The molecule has 108 valence electrons. The number of carbonyl (C=O) groups is 1. The number of carboxylic acids is 1. The number of ether oxygens (including phenoxy) is 1. The molecule has 6 heteroatoms. The largest absolute Gasteiger partial charge is 0.496 e. The van der Waals surface area contributed by atoms with E-state index in [1.807, 2.05) is 26.0 Å². The summed E-state index contributed by atoms with van der Waals surface area (Å²) in [6, 6.07) is 3.82.